The van der Waals surface area contributed by atoms with Gasteiger partial charge in [0.2, 0.25) is 0 Å². The van der Waals surface area contributed by atoms with Crippen molar-refractivity contribution in [3.8, 4) is 0 Å². The average Bonchev–Trinajstić information content (AvgIpc) is 2.26. The summed E-state index contributed by atoms with van der Waals surface area (Å²) in [5, 5.41) is 13.2. The Kier molecular flexibility index (Phi) is 4.91. The van der Waals surface area contributed by atoms with Crippen LogP contribution in [-0.2, 0) is 9.53 Å². The number of carbonyl (C=O) groups is 1. The molecule has 1 aliphatic heterocycles. The number of rotatable bonds is 4. The van der Waals surface area contributed by atoms with Crippen molar-refractivity contribution in [2.24, 2.45) is 5.92 Å². The number of piperidine rings is 1. The SMILES string of the molecule is COC(=O)C(C)(O)CNC1CCN(C)CC1C. The zero-order valence-electron chi connectivity index (χ0n) is 11.2. The highest BCUT2D eigenvalue weighted by atomic mass is 16.5. The molecular formula is C12H24N2O3. The van der Waals surface area contributed by atoms with Crippen molar-refractivity contribution in [1.29, 1.82) is 0 Å². The van der Waals surface area contributed by atoms with Gasteiger partial charge in [-0.1, -0.05) is 6.92 Å². The zero-order valence-corrected chi connectivity index (χ0v) is 11.2. The van der Waals surface area contributed by atoms with E-state index >= 15 is 0 Å². The molecule has 2 N–H and O–H groups in total. The quantitative estimate of drug-likeness (QED) is 0.673. The van der Waals surface area contributed by atoms with Gasteiger partial charge in [0, 0.05) is 19.1 Å². The van der Waals surface area contributed by atoms with E-state index in [9.17, 15) is 9.90 Å². The summed E-state index contributed by atoms with van der Waals surface area (Å²) in [6, 6.07) is 0.349. The second-order valence-corrected chi connectivity index (χ2v) is 5.28. The van der Waals surface area contributed by atoms with E-state index in [1.807, 2.05) is 0 Å². The third-order valence-electron chi connectivity index (χ3n) is 3.44. The Morgan fingerprint density at radius 3 is 2.82 bits per heavy atom. The molecule has 1 rings (SSSR count). The highest BCUT2D eigenvalue weighted by molar-refractivity contribution is 5.78. The molecule has 100 valence electrons. The maximum absolute atomic E-state index is 11.3. The van der Waals surface area contributed by atoms with Crippen LogP contribution < -0.4 is 5.32 Å². The fourth-order valence-corrected chi connectivity index (χ4v) is 2.28. The minimum absolute atomic E-state index is 0.235. The molecule has 1 heterocycles. The van der Waals surface area contributed by atoms with Crippen molar-refractivity contribution in [2.75, 3.05) is 33.8 Å². The second-order valence-electron chi connectivity index (χ2n) is 5.28. The number of nitrogens with one attached hydrogen (secondary N) is 1. The maximum Gasteiger partial charge on any atom is 0.338 e. The third-order valence-corrected chi connectivity index (χ3v) is 3.44. The minimum Gasteiger partial charge on any atom is -0.467 e. The molecule has 1 fully saturated rings. The first-order valence-electron chi connectivity index (χ1n) is 6.09. The van der Waals surface area contributed by atoms with Crippen molar-refractivity contribution < 1.29 is 14.6 Å². The number of esters is 1. The normalized spacial score (nSPS) is 29.7. The van der Waals surface area contributed by atoms with Gasteiger partial charge in [-0.2, -0.15) is 0 Å². The van der Waals surface area contributed by atoms with E-state index < -0.39 is 11.6 Å². The smallest absolute Gasteiger partial charge is 0.338 e. The van der Waals surface area contributed by atoms with E-state index in [1.165, 1.54) is 14.0 Å². The molecule has 0 aliphatic carbocycles. The lowest BCUT2D eigenvalue weighted by atomic mass is 9.93. The molecule has 0 radical (unpaired) electrons. The Bertz CT molecular complexity index is 268. The molecule has 1 aliphatic rings. The molecule has 0 aromatic carbocycles. The van der Waals surface area contributed by atoms with Gasteiger partial charge in [-0.3, -0.25) is 0 Å². The summed E-state index contributed by atoms with van der Waals surface area (Å²) in [7, 11) is 3.40. The van der Waals surface area contributed by atoms with Gasteiger partial charge in [0.15, 0.2) is 5.60 Å². The van der Waals surface area contributed by atoms with Crippen LogP contribution in [-0.4, -0.2) is 61.4 Å². The Labute approximate surface area is 103 Å². The maximum atomic E-state index is 11.3. The van der Waals surface area contributed by atoms with Crippen LogP contribution in [0.3, 0.4) is 0 Å². The van der Waals surface area contributed by atoms with Crippen molar-refractivity contribution >= 4 is 5.97 Å². The lowest BCUT2D eigenvalue weighted by Gasteiger charge is -2.36. The third kappa shape index (κ3) is 3.94. The molecule has 0 spiro atoms. The van der Waals surface area contributed by atoms with Gasteiger partial charge in [-0.05, 0) is 32.9 Å². The molecule has 0 aromatic rings. The lowest BCUT2D eigenvalue weighted by molar-refractivity contribution is -0.160. The zero-order chi connectivity index (χ0) is 13.1. The van der Waals surface area contributed by atoms with Gasteiger partial charge < -0.3 is 20.1 Å². The summed E-state index contributed by atoms with van der Waals surface area (Å²) >= 11 is 0. The van der Waals surface area contributed by atoms with Crippen LogP contribution in [0.2, 0.25) is 0 Å². The number of hydrogen-bond donors (Lipinski definition) is 2. The summed E-state index contributed by atoms with van der Waals surface area (Å²) < 4.78 is 4.56. The second kappa shape index (κ2) is 5.80. The number of likely N-dealkylation sites (tertiary alicyclic amines) is 1. The summed E-state index contributed by atoms with van der Waals surface area (Å²) in [4.78, 5) is 13.6. The van der Waals surface area contributed by atoms with Crippen LogP contribution >= 0.6 is 0 Å². The van der Waals surface area contributed by atoms with Crippen LogP contribution in [0, 0.1) is 5.92 Å². The van der Waals surface area contributed by atoms with Gasteiger partial charge >= 0.3 is 5.97 Å². The molecule has 5 heteroatoms. The minimum atomic E-state index is -1.45. The van der Waals surface area contributed by atoms with E-state index in [-0.39, 0.29) is 6.54 Å². The Morgan fingerprint density at radius 2 is 2.29 bits per heavy atom. The molecule has 0 aromatic heterocycles. The molecule has 0 amide bonds. The van der Waals surface area contributed by atoms with Gasteiger partial charge in [-0.25, -0.2) is 4.79 Å². The molecule has 0 bridgehead atoms. The molecular weight excluding hydrogens is 220 g/mol. The van der Waals surface area contributed by atoms with Gasteiger partial charge in [0.25, 0.3) is 0 Å². The number of carbonyl (C=O) groups excluding carboxylic acids is 1. The topological polar surface area (TPSA) is 61.8 Å². The average molecular weight is 244 g/mol. The molecule has 3 unspecified atom stereocenters. The van der Waals surface area contributed by atoms with Gasteiger partial charge in [-0.15, -0.1) is 0 Å². The number of nitrogens with zero attached hydrogens (tertiary/aromatic N) is 1. The summed E-state index contributed by atoms with van der Waals surface area (Å²) in [5.74, 6) is -0.0761. The van der Waals surface area contributed by atoms with Crippen LogP contribution in [0.1, 0.15) is 20.3 Å². The monoisotopic (exact) mass is 244 g/mol. The van der Waals surface area contributed by atoms with E-state index in [1.54, 1.807) is 0 Å². The number of methoxy groups -OCH3 is 1. The fourth-order valence-electron chi connectivity index (χ4n) is 2.28. The molecule has 1 saturated heterocycles. The number of aliphatic hydroxyl groups is 1. The molecule has 0 saturated carbocycles. The summed E-state index contributed by atoms with van der Waals surface area (Å²) in [6.45, 7) is 5.98. The van der Waals surface area contributed by atoms with Crippen molar-refractivity contribution in [3.63, 3.8) is 0 Å². The van der Waals surface area contributed by atoms with Crippen molar-refractivity contribution in [3.05, 3.63) is 0 Å². The Balaban J connectivity index is 2.42. The first-order valence-corrected chi connectivity index (χ1v) is 6.09. The Hall–Kier alpha value is -0.650. The largest absolute Gasteiger partial charge is 0.467 e. The Morgan fingerprint density at radius 1 is 1.65 bits per heavy atom. The standard InChI is InChI=1S/C12H24N2O3/c1-9-7-14(3)6-5-10(9)13-8-12(2,16)11(15)17-4/h9-10,13,16H,5-8H2,1-4H3. The van der Waals surface area contributed by atoms with Gasteiger partial charge in [0.05, 0.1) is 7.11 Å². The molecule has 17 heavy (non-hydrogen) atoms. The van der Waals surface area contributed by atoms with E-state index in [4.69, 9.17) is 0 Å². The highest BCUT2D eigenvalue weighted by Crippen LogP contribution is 2.16. The first kappa shape index (κ1) is 14.4. The van der Waals surface area contributed by atoms with Gasteiger partial charge in [0.1, 0.15) is 0 Å². The number of hydrogen-bond acceptors (Lipinski definition) is 5. The fraction of sp³-hybridized carbons (Fsp3) is 0.917. The van der Waals surface area contributed by atoms with E-state index in [2.05, 4.69) is 28.9 Å². The van der Waals surface area contributed by atoms with E-state index in [0.717, 1.165) is 19.5 Å². The van der Waals surface area contributed by atoms with Crippen LogP contribution in [0.15, 0.2) is 0 Å². The summed E-state index contributed by atoms with van der Waals surface area (Å²) in [5.41, 5.74) is -1.45. The van der Waals surface area contributed by atoms with Crippen LogP contribution in [0.4, 0.5) is 0 Å². The molecule has 5 nitrogen and oxygen atoms in total. The molecule has 3 atom stereocenters. The van der Waals surface area contributed by atoms with Crippen molar-refractivity contribution in [2.45, 2.75) is 31.9 Å². The van der Waals surface area contributed by atoms with Crippen LogP contribution in [0.5, 0.6) is 0 Å². The first-order chi connectivity index (χ1) is 7.86. The lowest BCUT2D eigenvalue weighted by Crippen LogP contribution is -2.53. The van der Waals surface area contributed by atoms with E-state index in [0.29, 0.717) is 12.0 Å². The predicted molar refractivity (Wildman–Crippen MR) is 65.7 cm³/mol. The number of ether oxygens (including phenoxy) is 1. The summed E-state index contributed by atoms with van der Waals surface area (Å²) in [6.07, 6.45) is 1.04. The van der Waals surface area contributed by atoms with Crippen LogP contribution in [0.25, 0.3) is 0 Å². The van der Waals surface area contributed by atoms with Crippen molar-refractivity contribution in [1.82, 2.24) is 10.2 Å². The highest BCUT2D eigenvalue weighted by Gasteiger charge is 2.33. The predicted octanol–water partition coefficient (Wildman–Crippen LogP) is -0.160.